The number of nitrogens with one attached hydrogen (secondary N) is 1. The van der Waals surface area contributed by atoms with Crippen LogP contribution in [0.1, 0.15) is 23.2 Å². The van der Waals surface area contributed by atoms with E-state index in [9.17, 15) is 13.2 Å². The van der Waals surface area contributed by atoms with Crippen LogP contribution in [0.5, 0.6) is 0 Å². The van der Waals surface area contributed by atoms with Crippen molar-refractivity contribution in [2.75, 3.05) is 24.1 Å². The molecule has 1 saturated heterocycles. The fourth-order valence-electron chi connectivity index (χ4n) is 3.19. The number of amides is 1. The van der Waals surface area contributed by atoms with E-state index < -0.39 is 10.0 Å². The summed E-state index contributed by atoms with van der Waals surface area (Å²) in [7, 11) is -3.49. The predicted molar refractivity (Wildman–Crippen MR) is 114 cm³/mol. The van der Waals surface area contributed by atoms with E-state index in [1.54, 1.807) is 6.07 Å². The van der Waals surface area contributed by atoms with Crippen molar-refractivity contribution in [3.63, 3.8) is 0 Å². The van der Waals surface area contributed by atoms with Gasteiger partial charge in [-0.1, -0.05) is 12.1 Å². The SMILES string of the molecule is Nc1cccc(-c2csc(NC(=O)c3ccc(S(=O)(=O)N4CCCC4)cc3)n2)c1. The predicted octanol–water partition coefficient (Wildman–Crippen LogP) is 3.43. The van der Waals surface area contributed by atoms with Crippen LogP contribution in [0.2, 0.25) is 0 Å². The molecule has 29 heavy (non-hydrogen) atoms. The molecular formula is C20H20N4O3S2. The van der Waals surface area contributed by atoms with E-state index in [1.807, 2.05) is 23.6 Å². The van der Waals surface area contributed by atoms with Crippen LogP contribution < -0.4 is 11.1 Å². The quantitative estimate of drug-likeness (QED) is 0.606. The lowest BCUT2D eigenvalue weighted by atomic mass is 10.1. The molecule has 0 saturated carbocycles. The first-order chi connectivity index (χ1) is 13.9. The summed E-state index contributed by atoms with van der Waals surface area (Å²) in [6.45, 7) is 1.09. The number of rotatable bonds is 5. The first-order valence-corrected chi connectivity index (χ1v) is 11.5. The summed E-state index contributed by atoms with van der Waals surface area (Å²) < 4.78 is 26.6. The second-order valence-electron chi connectivity index (χ2n) is 6.75. The van der Waals surface area contributed by atoms with Crippen molar-refractivity contribution in [1.29, 1.82) is 0 Å². The van der Waals surface area contributed by atoms with Crippen LogP contribution in [-0.4, -0.2) is 36.7 Å². The first kappa shape index (κ1) is 19.6. The number of aromatic nitrogens is 1. The number of nitrogens with zero attached hydrogens (tertiary/aromatic N) is 2. The van der Waals surface area contributed by atoms with Crippen molar-refractivity contribution in [1.82, 2.24) is 9.29 Å². The van der Waals surface area contributed by atoms with E-state index in [-0.39, 0.29) is 10.8 Å². The minimum atomic E-state index is -3.49. The van der Waals surface area contributed by atoms with Crippen molar-refractivity contribution < 1.29 is 13.2 Å². The lowest BCUT2D eigenvalue weighted by molar-refractivity contribution is 0.102. The summed E-state index contributed by atoms with van der Waals surface area (Å²) in [5.74, 6) is -0.344. The minimum absolute atomic E-state index is 0.203. The molecule has 0 radical (unpaired) electrons. The van der Waals surface area contributed by atoms with Gasteiger partial charge in [-0.2, -0.15) is 4.31 Å². The van der Waals surface area contributed by atoms with Crippen LogP contribution in [0.15, 0.2) is 58.8 Å². The summed E-state index contributed by atoms with van der Waals surface area (Å²) in [6, 6.07) is 13.4. The van der Waals surface area contributed by atoms with Gasteiger partial charge < -0.3 is 5.73 Å². The number of carbonyl (C=O) groups is 1. The maximum absolute atomic E-state index is 12.6. The van der Waals surface area contributed by atoms with Crippen molar-refractivity contribution in [3.05, 3.63) is 59.5 Å². The lowest BCUT2D eigenvalue weighted by Gasteiger charge is -2.15. The van der Waals surface area contributed by atoms with E-state index in [0.29, 0.717) is 29.5 Å². The maximum Gasteiger partial charge on any atom is 0.257 e. The van der Waals surface area contributed by atoms with Gasteiger partial charge in [0, 0.05) is 35.3 Å². The molecule has 4 rings (SSSR count). The van der Waals surface area contributed by atoms with Gasteiger partial charge in [-0.25, -0.2) is 13.4 Å². The highest BCUT2D eigenvalue weighted by Gasteiger charge is 2.27. The van der Waals surface area contributed by atoms with Gasteiger partial charge in [0.1, 0.15) is 0 Å². The van der Waals surface area contributed by atoms with Crippen LogP contribution >= 0.6 is 11.3 Å². The Hall–Kier alpha value is -2.75. The van der Waals surface area contributed by atoms with E-state index in [4.69, 9.17) is 5.73 Å². The number of nitrogens with two attached hydrogens (primary N) is 1. The molecular weight excluding hydrogens is 408 g/mol. The highest BCUT2D eigenvalue weighted by molar-refractivity contribution is 7.89. The zero-order chi connectivity index (χ0) is 20.4. The summed E-state index contributed by atoms with van der Waals surface area (Å²) in [6.07, 6.45) is 1.76. The lowest BCUT2D eigenvalue weighted by Crippen LogP contribution is -2.27. The molecule has 0 aliphatic carbocycles. The van der Waals surface area contributed by atoms with Gasteiger partial charge in [-0.05, 0) is 49.2 Å². The van der Waals surface area contributed by atoms with Crippen molar-refractivity contribution in [3.8, 4) is 11.3 Å². The average molecular weight is 429 g/mol. The largest absolute Gasteiger partial charge is 0.399 e. The highest BCUT2D eigenvalue weighted by Crippen LogP contribution is 2.27. The summed E-state index contributed by atoms with van der Waals surface area (Å²) in [5.41, 5.74) is 8.41. The topological polar surface area (TPSA) is 105 Å². The van der Waals surface area contributed by atoms with E-state index in [1.165, 1.54) is 39.9 Å². The Morgan fingerprint density at radius 2 is 1.83 bits per heavy atom. The van der Waals surface area contributed by atoms with Gasteiger partial charge in [0.2, 0.25) is 10.0 Å². The molecule has 9 heteroatoms. The summed E-state index contributed by atoms with van der Waals surface area (Å²) in [5, 5.41) is 5.06. The number of hydrogen-bond donors (Lipinski definition) is 2. The molecule has 7 nitrogen and oxygen atoms in total. The molecule has 0 spiro atoms. The van der Waals surface area contributed by atoms with Gasteiger partial charge in [-0.15, -0.1) is 11.3 Å². The molecule has 2 heterocycles. The fourth-order valence-corrected chi connectivity index (χ4v) is 5.42. The van der Waals surface area contributed by atoms with E-state index in [2.05, 4.69) is 10.3 Å². The van der Waals surface area contributed by atoms with Crippen molar-refractivity contribution >= 4 is 38.1 Å². The van der Waals surface area contributed by atoms with Crippen molar-refractivity contribution in [2.24, 2.45) is 0 Å². The number of thiazole rings is 1. The Morgan fingerprint density at radius 3 is 2.52 bits per heavy atom. The zero-order valence-corrected chi connectivity index (χ0v) is 17.2. The molecule has 1 aliphatic heterocycles. The zero-order valence-electron chi connectivity index (χ0n) is 15.5. The van der Waals surface area contributed by atoms with Crippen molar-refractivity contribution in [2.45, 2.75) is 17.7 Å². The number of sulfonamides is 1. The number of hydrogen-bond acceptors (Lipinski definition) is 6. The molecule has 1 aliphatic rings. The first-order valence-electron chi connectivity index (χ1n) is 9.16. The highest BCUT2D eigenvalue weighted by atomic mass is 32.2. The monoisotopic (exact) mass is 428 g/mol. The average Bonchev–Trinajstić information content (AvgIpc) is 3.41. The van der Waals surface area contributed by atoms with Gasteiger partial charge in [0.15, 0.2) is 5.13 Å². The molecule has 0 unspecified atom stereocenters. The molecule has 0 atom stereocenters. The number of carbonyl (C=O) groups excluding carboxylic acids is 1. The summed E-state index contributed by atoms with van der Waals surface area (Å²) >= 11 is 1.31. The number of benzene rings is 2. The Kier molecular flexibility index (Phi) is 5.35. The fraction of sp³-hybridized carbons (Fsp3) is 0.200. The third-order valence-corrected chi connectivity index (χ3v) is 7.40. The molecule has 3 N–H and O–H groups in total. The van der Waals surface area contributed by atoms with E-state index >= 15 is 0 Å². The minimum Gasteiger partial charge on any atom is -0.399 e. The standard InChI is InChI=1S/C20H20N4O3S2/c21-16-5-3-4-15(12-16)18-13-28-20(22-18)23-19(25)14-6-8-17(9-7-14)29(26,27)24-10-1-2-11-24/h3-9,12-13H,1-2,10-11,21H2,(H,22,23,25). The molecule has 0 bridgehead atoms. The Bertz CT molecular complexity index is 1130. The van der Waals surface area contributed by atoms with Crippen LogP contribution in [0, 0.1) is 0 Å². The molecule has 2 aromatic carbocycles. The maximum atomic E-state index is 12.6. The third-order valence-electron chi connectivity index (χ3n) is 4.73. The second-order valence-corrected chi connectivity index (χ2v) is 9.55. The smallest absolute Gasteiger partial charge is 0.257 e. The number of nitrogen functional groups attached to an aromatic ring is 1. The number of anilines is 2. The third kappa shape index (κ3) is 4.16. The van der Waals surface area contributed by atoms with Gasteiger partial charge in [-0.3, -0.25) is 10.1 Å². The van der Waals surface area contributed by atoms with Crippen LogP contribution in [0.25, 0.3) is 11.3 Å². The van der Waals surface area contributed by atoms with Crippen LogP contribution in [0.3, 0.4) is 0 Å². The normalized spacial score (nSPS) is 14.8. The molecule has 1 amide bonds. The Morgan fingerprint density at radius 1 is 1.10 bits per heavy atom. The van der Waals surface area contributed by atoms with Crippen LogP contribution in [0.4, 0.5) is 10.8 Å². The van der Waals surface area contributed by atoms with Gasteiger partial charge in [0.25, 0.3) is 5.91 Å². The molecule has 150 valence electrons. The van der Waals surface area contributed by atoms with Gasteiger partial charge in [0.05, 0.1) is 10.6 Å². The molecule has 1 fully saturated rings. The van der Waals surface area contributed by atoms with Crippen LogP contribution in [-0.2, 0) is 10.0 Å². The second kappa shape index (κ2) is 7.94. The summed E-state index contributed by atoms with van der Waals surface area (Å²) in [4.78, 5) is 17.1. The molecule has 3 aromatic rings. The van der Waals surface area contributed by atoms with Gasteiger partial charge >= 0.3 is 0 Å². The molecule has 1 aromatic heterocycles. The Balaban J connectivity index is 1.46. The van der Waals surface area contributed by atoms with E-state index in [0.717, 1.165) is 24.1 Å². The Labute approximate surface area is 173 Å².